The lowest BCUT2D eigenvalue weighted by atomic mass is 10.3. The predicted octanol–water partition coefficient (Wildman–Crippen LogP) is 1.12. The second kappa shape index (κ2) is 4.80. The highest BCUT2D eigenvalue weighted by Crippen LogP contribution is 2.27. The van der Waals surface area contributed by atoms with Crippen molar-refractivity contribution in [2.45, 2.75) is 0 Å². The maximum Gasteiger partial charge on any atom is 0.335 e. The molecular weight excluding hydrogens is 232 g/mol. The Kier molecular flexibility index (Phi) is 3.68. The topological polar surface area (TPSA) is 69.7 Å². The summed E-state index contributed by atoms with van der Waals surface area (Å²) in [5.74, 6) is -0.706. The summed E-state index contributed by atoms with van der Waals surface area (Å²) in [6.45, 7) is 3.23. The second-order valence-electron chi connectivity index (χ2n) is 2.86. The number of hydrogen-bond acceptors (Lipinski definition) is 5. The van der Waals surface area contributed by atoms with Crippen molar-refractivity contribution in [1.82, 2.24) is 0 Å². The highest BCUT2D eigenvalue weighted by molar-refractivity contribution is 7.86. The second-order valence-corrected chi connectivity index (χ2v) is 4.43. The monoisotopic (exact) mass is 242 g/mol. The van der Waals surface area contributed by atoms with Gasteiger partial charge < -0.3 is 8.92 Å². The molecule has 0 aromatic heterocycles. The van der Waals surface area contributed by atoms with E-state index < -0.39 is 16.1 Å². The maximum atomic E-state index is 11.0. The van der Waals surface area contributed by atoms with Crippen LogP contribution in [0.1, 0.15) is 0 Å². The van der Waals surface area contributed by atoms with E-state index in [2.05, 4.69) is 10.8 Å². The van der Waals surface area contributed by atoms with Gasteiger partial charge in [0.15, 0.2) is 11.5 Å². The molecule has 5 nitrogen and oxygen atoms in total. The molecule has 0 N–H and O–H groups in total. The first-order valence-corrected chi connectivity index (χ1v) is 6.07. The standard InChI is InChI=1S/C10H10O5S/c1-3-10(11)14-8-6-4-5-7-9(8)15-16(2,12)13/h3-7H,1H2,2H3. The number of para-hydroxylation sites is 2. The van der Waals surface area contributed by atoms with E-state index in [0.29, 0.717) is 0 Å². The Labute approximate surface area is 93.4 Å². The fraction of sp³-hybridized carbons (Fsp3) is 0.100. The molecule has 0 saturated heterocycles. The van der Waals surface area contributed by atoms with Crippen LogP contribution in [0.4, 0.5) is 0 Å². The summed E-state index contributed by atoms with van der Waals surface area (Å²) in [7, 11) is -3.66. The third-order valence-electron chi connectivity index (χ3n) is 1.47. The van der Waals surface area contributed by atoms with Gasteiger partial charge in [0.25, 0.3) is 0 Å². The van der Waals surface area contributed by atoms with E-state index in [1.807, 2.05) is 0 Å². The minimum atomic E-state index is -3.66. The molecule has 16 heavy (non-hydrogen) atoms. The van der Waals surface area contributed by atoms with Crippen molar-refractivity contribution < 1.29 is 22.1 Å². The zero-order chi connectivity index (χ0) is 12.2. The SMILES string of the molecule is C=CC(=O)Oc1ccccc1OS(C)(=O)=O. The summed E-state index contributed by atoms with van der Waals surface area (Å²) in [6, 6.07) is 5.95. The molecule has 0 atom stereocenters. The van der Waals surface area contributed by atoms with Crippen LogP contribution in [0.3, 0.4) is 0 Å². The highest BCUT2D eigenvalue weighted by atomic mass is 32.2. The van der Waals surface area contributed by atoms with Crippen LogP contribution in [0.2, 0.25) is 0 Å². The summed E-state index contributed by atoms with van der Waals surface area (Å²) in [5, 5.41) is 0. The normalized spacial score (nSPS) is 10.6. The third kappa shape index (κ3) is 3.74. The van der Waals surface area contributed by atoms with Crippen LogP contribution in [-0.2, 0) is 14.9 Å². The van der Waals surface area contributed by atoms with Gasteiger partial charge in [-0.15, -0.1) is 0 Å². The third-order valence-corrected chi connectivity index (χ3v) is 1.95. The first-order valence-electron chi connectivity index (χ1n) is 4.25. The van der Waals surface area contributed by atoms with Gasteiger partial charge >= 0.3 is 16.1 Å². The van der Waals surface area contributed by atoms with Crippen LogP contribution < -0.4 is 8.92 Å². The van der Waals surface area contributed by atoms with E-state index in [9.17, 15) is 13.2 Å². The van der Waals surface area contributed by atoms with Crippen molar-refractivity contribution in [3.8, 4) is 11.5 Å². The maximum absolute atomic E-state index is 11.0. The van der Waals surface area contributed by atoms with E-state index in [1.165, 1.54) is 12.1 Å². The van der Waals surface area contributed by atoms with Crippen molar-refractivity contribution >= 4 is 16.1 Å². The van der Waals surface area contributed by atoms with Crippen molar-refractivity contribution in [1.29, 1.82) is 0 Å². The molecule has 0 aliphatic rings. The average molecular weight is 242 g/mol. The summed E-state index contributed by atoms with van der Waals surface area (Å²) in [5.41, 5.74) is 0. The van der Waals surface area contributed by atoms with Gasteiger partial charge in [-0.25, -0.2) is 4.79 Å². The Hall–Kier alpha value is -1.82. The number of carbonyl (C=O) groups excluding carboxylic acids is 1. The molecule has 0 saturated carbocycles. The zero-order valence-corrected chi connectivity index (χ0v) is 9.36. The smallest absolute Gasteiger partial charge is 0.335 e. The zero-order valence-electron chi connectivity index (χ0n) is 8.54. The molecule has 0 bridgehead atoms. The Morgan fingerprint density at radius 3 is 2.38 bits per heavy atom. The Morgan fingerprint density at radius 2 is 1.88 bits per heavy atom. The van der Waals surface area contributed by atoms with Crippen molar-refractivity contribution in [2.75, 3.05) is 6.26 Å². The molecule has 1 aromatic rings. The van der Waals surface area contributed by atoms with E-state index in [4.69, 9.17) is 4.74 Å². The first kappa shape index (κ1) is 12.3. The lowest BCUT2D eigenvalue weighted by molar-refractivity contribution is -0.129. The van der Waals surface area contributed by atoms with Crippen molar-refractivity contribution in [3.05, 3.63) is 36.9 Å². The fourth-order valence-corrected chi connectivity index (χ4v) is 1.38. The molecule has 0 aliphatic heterocycles. The molecular formula is C10H10O5S. The highest BCUT2D eigenvalue weighted by Gasteiger charge is 2.11. The molecule has 0 fully saturated rings. The molecule has 0 unspecified atom stereocenters. The van der Waals surface area contributed by atoms with Crippen LogP contribution in [0.25, 0.3) is 0 Å². The summed E-state index contributed by atoms with van der Waals surface area (Å²) in [6.07, 6.45) is 1.87. The van der Waals surface area contributed by atoms with E-state index in [0.717, 1.165) is 12.3 Å². The number of benzene rings is 1. The summed E-state index contributed by atoms with van der Waals surface area (Å²) >= 11 is 0. The van der Waals surface area contributed by atoms with Crippen LogP contribution in [0, 0.1) is 0 Å². The van der Waals surface area contributed by atoms with E-state index >= 15 is 0 Å². The number of esters is 1. The van der Waals surface area contributed by atoms with Gasteiger partial charge in [-0.3, -0.25) is 0 Å². The molecule has 1 aromatic carbocycles. The lowest BCUT2D eigenvalue weighted by Crippen LogP contribution is -2.09. The number of rotatable bonds is 4. The minimum Gasteiger partial charge on any atom is -0.419 e. The van der Waals surface area contributed by atoms with E-state index in [1.54, 1.807) is 12.1 Å². The average Bonchev–Trinajstić information content (AvgIpc) is 2.18. The summed E-state index contributed by atoms with van der Waals surface area (Å²) < 4.78 is 31.3. The van der Waals surface area contributed by atoms with E-state index in [-0.39, 0.29) is 11.5 Å². The molecule has 1 rings (SSSR count). The quantitative estimate of drug-likeness (QED) is 0.342. The number of hydrogen-bond donors (Lipinski definition) is 0. The number of carbonyl (C=O) groups is 1. The van der Waals surface area contributed by atoms with Gasteiger partial charge in [0.05, 0.1) is 6.26 Å². The van der Waals surface area contributed by atoms with Crippen LogP contribution in [-0.4, -0.2) is 20.6 Å². The van der Waals surface area contributed by atoms with Crippen LogP contribution >= 0.6 is 0 Å². The molecule has 0 heterocycles. The summed E-state index contributed by atoms with van der Waals surface area (Å²) in [4.78, 5) is 11.0. The Balaban J connectivity index is 3.00. The van der Waals surface area contributed by atoms with Crippen LogP contribution in [0.15, 0.2) is 36.9 Å². The van der Waals surface area contributed by atoms with Gasteiger partial charge in [-0.1, -0.05) is 18.7 Å². The largest absolute Gasteiger partial charge is 0.419 e. The molecule has 0 amide bonds. The van der Waals surface area contributed by atoms with Crippen molar-refractivity contribution in [2.24, 2.45) is 0 Å². The van der Waals surface area contributed by atoms with Gasteiger partial charge in [0, 0.05) is 6.08 Å². The lowest BCUT2D eigenvalue weighted by Gasteiger charge is -2.08. The molecule has 0 spiro atoms. The van der Waals surface area contributed by atoms with Crippen molar-refractivity contribution in [3.63, 3.8) is 0 Å². The Bertz CT molecular complexity index is 504. The van der Waals surface area contributed by atoms with Gasteiger partial charge in [0.2, 0.25) is 0 Å². The van der Waals surface area contributed by atoms with Crippen LogP contribution in [0.5, 0.6) is 11.5 Å². The predicted molar refractivity (Wildman–Crippen MR) is 57.7 cm³/mol. The molecule has 0 aliphatic carbocycles. The molecule has 0 radical (unpaired) electrons. The number of ether oxygens (including phenoxy) is 1. The Morgan fingerprint density at radius 1 is 1.31 bits per heavy atom. The van der Waals surface area contributed by atoms with Gasteiger partial charge in [-0.05, 0) is 12.1 Å². The minimum absolute atomic E-state index is 0.0258. The van der Waals surface area contributed by atoms with Gasteiger partial charge in [-0.2, -0.15) is 8.42 Å². The fourth-order valence-electron chi connectivity index (χ4n) is 0.916. The van der Waals surface area contributed by atoms with Gasteiger partial charge in [0.1, 0.15) is 0 Å². The molecule has 86 valence electrons. The first-order chi connectivity index (χ1) is 7.42. The molecule has 6 heteroatoms.